The van der Waals surface area contributed by atoms with Crippen LogP contribution in [0.1, 0.15) is 31.4 Å². The van der Waals surface area contributed by atoms with Crippen molar-refractivity contribution in [3.63, 3.8) is 0 Å². The maximum absolute atomic E-state index is 10.1. The van der Waals surface area contributed by atoms with Crippen LogP contribution in [0.5, 0.6) is 0 Å². The minimum atomic E-state index is -0.486. The highest BCUT2D eigenvalue weighted by molar-refractivity contribution is 6.30. The first-order chi connectivity index (χ1) is 9.20. The Kier molecular flexibility index (Phi) is 5.64. The van der Waals surface area contributed by atoms with Gasteiger partial charge < -0.3 is 15.2 Å². The summed E-state index contributed by atoms with van der Waals surface area (Å²) >= 11 is 5.83. The Labute approximate surface area is 119 Å². The minimum absolute atomic E-state index is 0.375. The molecular weight excluding hydrogens is 262 g/mol. The first-order valence-corrected chi connectivity index (χ1v) is 7.34. The van der Waals surface area contributed by atoms with Crippen molar-refractivity contribution in [2.24, 2.45) is 5.92 Å². The van der Waals surface area contributed by atoms with Crippen LogP contribution in [0.3, 0.4) is 0 Å². The molecule has 0 spiro atoms. The van der Waals surface area contributed by atoms with E-state index in [4.69, 9.17) is 16.3 Å². The van der Waals surface area contributed by atoms with Crippen molar-refractivity contribution in [2.45, 2.75) is 32.0 Å². The molecule has 0 aromatic heterocycles. The second kappa shape index (κ2) is 7.25. The molecular formula is C15H22ClNO2. The van der Waals surface area contributed by atoms with Crippen LogP contribution in [-0.4, -0.2) is 30.9 Å². The van der Waals surface area contributed by atoms with E-state index in [1.54, 1.807) is 12.1 Å². The SMILES string of the molecule is CCC1OCCC1CNCC(O)c1ccc(Cl)cc1. The highest BCUT2D eigenvalue weighted by Gasteiger charge is 2.26. The number of hydrogen-bond acceptors (Lipinski definition) is 3. The molecule has 1 fully saturated rings. The zero-order valence-electron chi connectivity index (χ0n) is 11.3. The summed E-state index contributed by atoms with van der Waals surface area (Å²) in [6.07, 6.45) is 2.06. The second-order valence-corrected chi connectivity index (χ2v) is 5.53. The van der Waals surface area contributed by atoms with Gasteiger partial charge in [-0.15, -0.1) is 0 Å². The number of hydrogen-bond donors (Lipinski definition) is 2. The third-order valence-electron chi connectivity index (χ3n) is 3.75. The Balaban J connectivity index is 1.74. The molecule has 0 amide bonds. The lowest BCUT2D eigenvalue weighted by atomic mass is 9.99. The standard InChI is InChI=1S/C15H22ClNO2/c1-2-15-12(7-8-19-15)9-17-10-14(18)11-3-5-13(16)6-4-11/h3-6,12,14-15,17-18H,2,7-10H2,1H3. The van der Waals surface area contributed by atoms with Gasteiger partial charge in [0.25, 0.3) is 0 Å². The summed E-state index contributed by atoms with van der Waals surface area (Å²) in [6, 6.07) is 7.33. The predicted octanol–water partition coefficient (Wildman–Crippen LogP) is 2.78. The van der Waals surface area contributed by atoms with E-state index in [1.165, 1.54) is 0 Å². The van der Waals surface area contributed by atoms with Crippen molar-refractivity contribution >= 4 is 11.6 Å². The molecule has 0 radical (unpaired) electrons. The quantitative estimate of drug-likeness (QED) is 0.843. The molecule has 3 atom stereocenters. The van der Waals surface area contributed by atoms with Crippen LogP contribution < -0.4 is 5.32 Å². The molecule has 2 N–H and O–H groups in total. The van der Waals surface area contributed by atoms with E-state index >= 15 is 0 Å². The van der Waals surface area contributed by atoms with Gasteiger partial charge in [0.05, 0.1) is 12.2 Å². The van der Waals surface area contributed by atoms with E-state index < -0.39 is 6.10 Å². The highest BCUT2D eigenvalue weighted by atomic mass is 35.5. The van der Waals surface area contributed by atoms with Gasteiger partial charge in [0, 0.05) is 24.7 Å². The van der Waals surface area contributed by atoms with E-state index in [1.807, 2.05) is 12.1 Å². The zero-order chi connectivity index (χ0) is 13.7. The maximum Gasteiger partial charge on any atom is 0.0914 e. The summed E-state index contributed by atoms with van der Waals surface area (Å²) in [6.45, 7) is 4.49. The molecule has 4 heteroatoms. The average molecular weight is 284 g/mol. The van der Waals surface area contributed by atoms with Crippen molar-refractivity contribution in [1.82, 2.24) is 5.32 Å². The Morgan fingerprint density at radius 2 is 2.16 bits per heavy atom. The number of rotatable bonds is 6. The molecule has 0 bridgehead atoms. The third-order valence-corrected chi connectivity index (χ3v) is 4.00. The second-order valence-electron chi connectivity index (χ2n) is 5.09. The summed E-state index contributed by atoms with van der Waals surface area (Å²) in [4.78, 5) is 0. The maximum atomic E-state index is 10.1. The smallest absolute Gasteiger partial charge is 0.0914 e. The van der Waals surface area contributed by atoms with Crippen LogP contribution in [0.4, 0.5) is 0 Å². The summed E-state index contributed by atoms with van der Waals surface area (Å²) < 4.78 is 5.65. The predicted molar refractivity (Wildman–Crippen MR) is 77.4 cm³/mol. The van der Waals surface area contributed by atoms with Gasteiger partial charge in [-0.1, -0.05) is 30.7 Å². The van der Waals surface area contributed by atoms with Gasteiger partial charge >= 0.3 is 0 Å². The van der Waals surface area contributed by atoms with Crippen molar-refractivity contribution in [3.05, 3.63) is 34.9 Å². The summed E-state index contributed by atoms with van der Waals surface area (Å²) in [5.74, 6) is 0.572. The Morgan fingerprint density at radius 1 is 1.42 bits per heavy atom. The third kappa shape index (κ3) is 4.18. The average Bonchev–Trinajstić information content (AvgIpc) is 2.87. The fourth-order valence-corrected chi connectivity index (χ4v) is 2.71. The van der Waals surface area contributed by atoms with Gasteiger partial charge in [-0.3, -0.25) is 0 Å². The Hall–Kier alpha value is -0.610. The van der Waals surface area contributed by atoms with E-state index in [0.29, 0.717) is 23.6 Å². The lowest BCUT2D eigenvalue weighted by Gasteiger charge is -2.19. The van der Waals surface area contributed by atoms with Crippen LogP contribution in [0.2, 0.25) is 5.02 Å². The fourth-order valence-electron chi connectivity index (χ4n) is 2.59. The first-order valence-electron chi connectivity index (χ1n) is 6.96. The fraction of sp³-hybridized carbons (Fsp3) is 0.600. The van der Waals surface area contributed by atoms with Gasteiger partial charge in [-0.2, -0.15) is 0 Å². The largest absolute Gasteiger partial charge is 0.387 e. The van der Waals surface area contributed by atoms with Crippen LogP contribution in [-0.2, 0) is 4.74 Å². The molecule has 0 saturated carbocycles. The van der Waals surface area contributed by atoms with E-state index in [-0.39, 0.29) is 0 Å². The molecule has 1 aromatic rings. The molecule has 1 aliphatic heterocycles. The number of aliphatic hydroxyl groups is 1. The molecule has 3 unspecified atom stereocenters. The highest BCUT2D eigenvalue weighted by Crippen LogP contribution is 2.22. The van der Waals surface area contributed by atoms with Gasteiger partial charge in [0.1, 0.15) is 0 Å². The minimum Gasteiger partial charge on any atom is -0.387 e. The number of benzene rings is 1. The van der Waals surface area contributed by atoms with Crippen LogP contribution >= 0.6 is 11.6 Å². The normalized spacial score (nSPS) is 24.6. The Bertz CT molecular complexity index is 382. The molecule has 19 heavy (non-hydrogen) atoms. The molecule has 3 nitrogen and oxygen atoms in total. The number of nitrogens with one attached hydrogen (secondary N) is 1. The molecule has 1 saturated heterocycles. The summed E-state index contributed by atoms with van der Waals surface area (Å²) in [7, 11) is 0. The monoisotopic (exact) mass is 283 g/mol. The summed E-state index contributed by atoms with van der Waals surface area (Å²) in [5, 5.41) is 14.1. The molecule has 1 aromatic carbocycles. The lowest BCUT2D eigenvalue weighted by Crippen LogP contribution is -2.31. The lowest BCUT2D eigenvalue weighted by molar-refractivity contribution is 0.0858. The van der Waals surface area contributed by atoms with Crippen LogP contribution in [0.25, 0.3) is 0 Å². The molecule has 106 valence electrons. The van der Waals surface area contributed by atoms with E-state index in [0.717, 1.165) is 31.6 Å². The molecule has 2 rings (SSSR count). The van der Waals surface area contributed by atoms with Gasteiger partial charge in [-0.05, 0) is 36.5 Å². The van der Waals surface area contributed by atoms with Gasteiger partial charge in [0.2, 0.25) is 0 Å². The van der Waals surface area contributed by atoms with E-state index in [2.05, 4.69) is 12.2 Å². The van der Waals surface area contributed by atoms with Crippen LogP contribution in [0, 0.1) is 5.92 Å². The first kappa shape index (κ1) is 14.8. The molecule has 1 aliphatic rings. The van der Waals surface area contributed by atoms with Crippen molar-refractivity contribution in [1.29, 1.82) is 0 Å². The van der Waals surface area contributed by atoms with Gasteiger partial charge in [-0.25, -0.2) is 0 Å². The summed E-state index contributed by atoms with van der Waals surface area (Å²) in [5.41, 5.74) is 0.895. The van der Waals surface area contributed by atoms with Crippen molar-refractivity contribution in [3.8, 4) is 0 Å². The Morgan fingerprint density at radius 3 is 2.84 bits per heavy atom. The molecule has 0 aliphatic carbocycles. The number of aliphatic hydroxyl groups excluding tert-OH is 1. The number of ether oxygens (including phenoxy) is 1. The zero-order valence-corrected chi connectivity index (χ0v) is 12.1. The number of halogens is 1. The topological polar surface area (TPSA) is 41.5 Å². The van der Waals surface area contributed by atoms with E-state index in [9.17, 15) is 5.11 Å². The molecule has 1 heterocycles. The van der Waals surface area contributed by atoms with Gasteiger partial charge in [0.15, 0.2) is 0 Å². The van der Waals surface area contributed by atoms with Crippen molar-refractivity contribution in [2.75, 3.05) is 19.7 Å². The van der Waals surface area contributed by atoms with Crippen molar-refractivity contribution < 1.29 is 9.84 Å². The van der Waals surface area contributed by atoms with Crippen LogP contribution in [0.15, 0.2) is 24.3 Å².